The van der Waals surface area contributed by atoms with Gasteiger partial charge in [-0.2, -0.15) is 0 Å². The van der Waals surface area contributed by atoms with Crippen molar-refractivity contribution in [3.05, 3.63) is 27.3 Å². The van der Waals surface area contributed by atoms with E-state index in [2.05, 4.69) is 69.3 Å². The molecule has 0 spiro atoms. The number of hydrogen-bond acceptors (Lipinski definition) is 2. The monoisotopic (exact) mass is 384 g/mol. The number of fused-ring (bicyclic) bond motifs is 1. The van der Waals surface area contributed by atoms with Crippen molar-refractivity contribution in [3.8, 4) is 0 Å². The second-order valence-corrected chi connectivity index (χ2v) is 6.34. The Hall–Kier alpha value is 0.740. The van der Waals surface area contributed by atoms with Crippen LogP contribution < -0.4 is 0 Å². The average Bonchev–Trinajstić information content (AvgIpc) is 2.43. The number of hydrogen-bond donors (Lipinski definition) is 1. The van der Waals surface area contributed by atoms with E-state index >= 15 is 0 Å². The van der Waals surface area contributed by atoms with Crippen LogP contribution in [0.4, 0.5) is 0 Å². The van der Waals surface area contributed by atoms with Crippen LogP contribution in [-0.4, -0.2) is 0 Å². The number of rotatable bonds is 1. The Kier molecular flexibility index (Phi) is 3.22. The Bertz CT molecular complexity index is 450. The molecule has 0 radical (unpaired) electrons. The smallest absolute Gasteiger partial charge is 0.0580 e. The highest BCUT2D eigenvalue weighted by Gasteiger charge is 2.05. The Morgan fingerprint density at radius 1 is 1.38 bits per heavy atom. The minimum Gasteiger partial charge on any atom is -0.133 e. The summed E-state index contributed by atoms with van der Waals surface area (Å²) in [6.07, 6.45) is 0. The van der Waals surface area contributed by atoms with Gasteiger partial charge in [0.25, 0.3) is 0 Å². The third-order valence-electron chi connectivity index (χ3n) is 1.79. The van der Waals surface area contributed by atoms with Gasteiger partial charge in [0.1, 0.15) is 0 Å². The summed E-state index contributed by atoms with van der Waals surface area (Å²) in [5, 5.41) is 2.21. The van der Waals surface area contributed by atoms with Crippen LogP contribution in [-0.2, 0) is 5.33 Å². The zero-order chi connectivity index (χ0) is 9.42. The van der Waals surface area contributed by atoms with Crippen LogP contribution >= 0.6 is 62.5 Å². The number of alkyl halides is 1. The van der Waals surface area contributed by atoms with Crippen LogP contribution in [0.15, 0.2) is 22.4 Å². The van der Waals surface area contributed by atoms with Crippen LogP contribution in [0.5, 0.6) is 0 Å². The lowest BCUT2D eigenvalue weighted by atomic mass is 10.2. The summed E-state index contributed by atoms with van der Waals surface area (Å²) in [4.78, 5) is 0. The van der Waals surface area contributed by atoms with Crippen molar-refractivity contribution >= 4 is 72.6 Å². The maximum Gasteiger partial charge on any atom is 0.0580 e. The molecule has 0 bridgehead atoms. The first kappa shape index (κ1) is 10.3. The van der Waals surface area contributed by atoms with Gasteiger partial charge in [-0.1, -0.05) is 15.9 Å². The third kappa shape index (κ3) is 2.06. The maximum absolute atomic E-state index is 4.36. The lowest BCUT2D eigenvalue weighted by Crippen LogP contribution is -1.79. The molecule has 4 heteroatoms. The van der Waals surface area contributed by atoms with Gasteiger partial charge in [0.15, 0.2) is 0 Å². The van der Waals surface area contributed by atoms with Crippen molar-refractivity contribution in [3.63, 3.8) is 0 Å². The molecular weight excluding hydrogens is 379 g/mol. The van der Waals surface area contributed by atoms with Crippen LogP contribution in [0.2, 0.25) is 0 Å². The van der Waals surface area contributed by atoms with Crippen molar-refractivity contribution in [1.82, 2.24) is 0 Å². The summed E-state index contributed by atoms with van der Waals surface area (Å²) in [5.74, 6) is 0. The van der Waals surface area contributed by atoms with Gasteiger partial charge in [-0.3, -0.25) is 0 Å². The topological polar surface area (TPSA) is 0 Å². The molecule has 0 aliphatic heterocycles. The SMILES string of the molecule is Sc1cc2cc(I)cc(CBr)c2s1. The number of thiophene rings is 1. The molecule has 0 saturated heterocycles. The second kappa shape index (κ2) is 4.08. The predicted molar refractivity (Wildman–Crippen MR) is 74.4 cm³/mol. The lowest BCUT2D eigenvalue weighted by molar-refractivity contribution is 1.49. The zero-order valence-corrected chi connectivity index (χ0v) is 12.0. The van der Waals surface area contributed by atoms with Gasteiger partial charge in [0.05, 0.1) is 4.21 Å². The molecule has 0 unspecified atom stereocenters. The Labute approximate surface area is 108 Å². The van der Waals surface area contributed by atoms with Crippen LogP contribution in [0.1, 0.15) is 5.56 Å². The summed E-state index contributed by atoms with van der Waals surface area (Å²) < 4.78 is 3.71. The number of benzene rings is 1. The molecule has 0 atom stereocenters. The van der Waals surface area contributed by atoms with Crippen LogP contribution in [0, 0.1) is 3.57 Å². The van der Waals surface area contributed by atoms with Crippen LogP contribution in [0.25, 0.3) is 10.1 Å². The van der Waals surface area contributed by atoms with Crippen LogP contribution in [0.3, 0.4) is 0 Å². The van der Waals surface area contributed by atoms with Gasteiger partial charge < -0.3 is 0 Å². The van der Waals surface area contributed by atoms with E-state index in [1.54, 1.807) is 11.3 Å². The van der Waals surface area contributed by atoms with E-state index in [4.69, 9.17) is 0 Å². The maximum atomic E-state index is 4.36. The van der Waals surface area contributed by atoms with E-state index in [0.29, 0.717) is 0 Å². The molecule has 0 amide bonds. The second-order valence-electron chi connectivity index (χ2n) is 2.70. The molecule has 0 fully saturated rings. The third-order valence-corrected chi connectivity index (χ3v) is 4.45. The molecule has 1 aromatic carbocycles. The molecule has 0 nitrogen and oxygen atoms in total. The van der Waals surface area contributed by atoms with Gasteiger partial charge in [-0.05, 0) is 51.7 Å². The Morgan fingerprint density at radius 2 is 2.15 bits per heavy atom. The van der Waals surface area contributed by atoms with Crippen molar-refractivity contribution in [2.75, 3.05) is 0 Å². The highest BCUT2D eigenvalue weighted by atomic mass is 127. The lowest BCUT2D eigenvalue weighted by Gasteiger charge is -1.98. The number of thiol groups is 1. The minimum absolute atomic E-state index is 0.911. The molecule has 1 heterocycles. The quantitative estimate of drug-likeness (QED) is 0.411. The predicted octanol–water partition coefficient (Wildman–Crippen LogP) is 4.69. The minimum atomic E-state index is 0.911. The van der Waals surface area contributed by atoms with E-state index in [-0.39, 0.29) is 0 Å². The van der Waals surface area contributed by atoms with E-state index < -0.39 is 0 Å². The van der Waals surface area contributed by atoms with Gasteiger partial charge in [-0.25, -0.2) is 0 Å². The average molecular weight is 385 g/mol. The first-order valence-electron chi connectivity index (χ1n) is 3.67. The first-order valence-corrected chi connectivity index (χ1v) is 7.14. The van der Waals surface area contributed by atoms with E-state index in [0.717, 1.165) is 9.54 Å². The molecule has 0 saturated carbocycles. The van der Waals surface area contributed by atoms with Gasteiger partial charge in [0.2, 0.25) is 0 Å². The summed E-state index contributed by atoms with van der Waals surface area (Å²) in [6, 6.07) is 6.52. The Morgan fingerprint density at radius 3 is 2.85 bits per heavy atom. The highest BCUT2D eigenvalue weighted by Crippen LogP contribution is 2.33. The fourth-order valence-electron chi connectivity index (χ4n) is 1.27. The number of halogens is 2. The zero-order valence-electron chi connectivity index (χ0n) is 6.55. The summed E-state index contributed by atoms with van der Waals surface area (Å²) in [7, 11) is 0. The Balaban J connectivity index is 2.80. The van der Waals surface area contributed by atoms with Crippen molar-refractivity contribution in [2.24, 2.45) is 0 Å². The first-order chi connectivity index (χ1) is 6.20. The molecule has 13 heavy (non-hydrogen) atoms. The molecule has 0 aliphatic rings. The van der Waals surface area contributed by atoms with Crippen molar-refractivity contribution in [2.45, 2.75) is 9.54 Å². The molecule has 0 N–H and O–H groups in total. The summed E-state index contributed by atoms with van der Waals surface area (Å²) >= 11 is 12.0. The fraction of sp³-hybridized carbons (Fsp3) is 0.111. The molecule has 68 valence electrons. The molecule has 2 aromatic rings. The van der Waals surface area contributed by atoms with Gasteiger partial charge >= 0.3 is 0 Å². The highest BCUT2D eigenvalue weighted by molar-refractivity contribution is 14.1. The standard InChI is InChI=1S/C9H6BrIS2/c10-4-6-2-7(11)1-5-3-8(12)13-9(5)6/h1-3,12H,4H2. The van der Waals surface area contributed by atoms with E-state index in [9.17, 15) is 0 Å². The van der Waals surface area contributed by atoms with E-state index in [1.807, 2.05) is 0 Å². The fourth-order valence-corrected chi connectivity index (χ4v) is 3.92. The van der Waals surface area contributed by atoms with Gasteiger partial charge in [-0.15, -0.1) is 24.0 Å². The largest absolute Gasteiger partial charge is 0.133 e. The van der Waals surface area contributed by atoms with Crippen molar-refractivity contribution < 1.29 is 0 Å². The summed E-state index contributed by atoms with van der Waals surface area (Å²) in [5.41, 5.74) is 1.35. The molecular formula is C9H6BrIS2. The van der Waals surface area contributed by atoms with Crippen molar-refractivity contribution in [1.29, 1.82) is 0 Å². The normalized spacial score (nSPS) is 11.0. The van der Waals surface area contributed by atoms with Gasteiger partial charge in [0, 0.05) is 13.6 Å². The molecule has 0 aliphatic carbocycles. The molecule has 2 rings (SSSR count). The summed E-state index contributed by atoms with van der Waals surface area (Å²) in [6.45, 7) is 0. The molecule has 1 aromatic heterocycles. The van der Waals surface area contributed by atoms with E-state index in [1.165, 1.54) is 19.2 Å².